The maximum absolute atomic E-state index is 11.9. The van der Waals surface area contributed by atoms with Crippen LogP contribution in [0.1, 0.15) is 31.2 Å². The van der Waals surface area contributed by atoms with E-state index in [1.54, 1.807) is 24.3 Å². The van der Waals surface area contributed by atoms with Crippen LogP contribution in [0.5, 0.6) is 5.75 Å². The number of rotatable bonds is 8. The Hall–Kier alpha value is -2.24. The molecule has 0 radical (unpaired) electrons. The van der Waals surface area contributed by atoms with Crippen molar-refractivity contribution in [3.05, 3.63) is 59.1 Å². The molecule has 0 unspecified atom stereocenters. The molecule has 1 aliphatic heterocycles. The molecule has 2 aromatic rings. The number of nitrogens with zero attached hydrogens (tertiary/aromatic N) is 1. The number of anilines is 1. The Morgan fingerprint density at radius 3 is 2.71 bits per heavy atom. The minimum Gasteiger partial charge on any atom is -0.494 e. The van der Waals surface area contributed by atoms with Gasteiger partial charge in [-0.3, -0.25) is 4.90 Å². The molecular weight excluding hydrogens is 374 g/mol. The second-order valence-corrected chi connectivity index (χ2v) is 7.51. The number of amides is 2. The van der Waals surface area contributed by atoms with E-state index in [9.17, 15) is 4.79 Å². The Kier molecular flexibility index (Phi) is 8.00. The van der Waals surface area contributed by atoms with Gasteiger partial charge in [-0.25, -0.2) is 4.79 Å². The number of carbonyl (C=O) groups excluding carboxylic acids is 1. The maximum Gasteiger partial charge on any atom is 0.319 e. The van der Waals surface area contributed by atoms with E-state index >= 15 is 0 Å². The lowest BCUT2D eigenvalue weighted by Gasteiger charge is -2.26. The van der Waals surface area contributed by atoms with Crippen molar-refractivity contribution < 1.29 is 9.53 Å². The van der Waals surface area contributed by atoms with E-state index in [0.29, 0.717) is 23.9 Å². The first kappa shape index (κ1) is 20.5. The Balaban J connectivity index is 1.33. The lowest BCUT2D eigenvalue weighted by Crippen LogP contribution is -2.30. The summed E-state index contributed by atoms with van der Waals surface area (Å²) >= 11 is 5.91. The van der Waals surface area contributed by atoms with Gasteiger partial charge in [-0.2, -0.15) is 0 Å². The van der Waals surface area contributed by atoms with Crippen LogP contribution in [0.25, 0.3) is 0 Å². The molecule has 0 aliphatic carbocycles. The number of likely N-dealkylation sites (tertiary alicyclic amines) is 1. The van der Waals surface area contributed by atoms with Gasteiger partial charge in [0.05, 0.1) is 6.61 Å². The van der Waals surface area contributed by atoms with Crippen LogP contribution in [0.3, 0.4) is 0 Å². The third-order valence-corrected chi connectivity index (χ3v) is 4.95. The summed E-state index contributed by atoms with van der Waals surface area (Å²) in [6, 6.07) is 15.1. The largest absolute Gasteiger partial charge is 0.494 e. The van der Waals surface area contributed by atoms with Gasteiger partial charge in [-0.05, 0) is 68.2 Å². The molecule has 0 bridgehead atoms. The molecule has 3 rings (SSSR count). The fraction of sp³-hybridized carbons (Fsp3) is 0.409. The van der Waals surface area contributed by atoms with Crippen molar-refractivity contribution in [1.29, 1.82) is 0 Å². The first-order chi connectivity index (χ1) is 13.7. The van der Waals surface area contributed by atoms with Crippen LogP contribution >= 0.6 is 11.6 Å². The minimum absolute atomic E-state index is 0.245. The molecule has 5 nitrogen and oxygen atoms in total. The van der Waals surface area contributed by atoms with Crippen LogP contribution in [0.4, 0.5) is 10.5 Å². The van der Waals surface area contributed by atoms with Crippen molar-refractivity contribution in [1.82, 2.24) is 10.2 Å². The van der Waals surface area contributed by atoms with Gasteiger partial charge in [0.25, 0.3) is 0 Å². The zero-order valence-corrected chi connectivity index (χ0v) is 16.9. The summed E-state index contributed by atoms with van der Waals surface area (Å²) in [7, 11) is 0. The number of ether oxygens (including phenoxy) is 1. The molecule has 0 spiro atoms. The molecule has 1 saturated heterocycles. The highest BCUT2D eigenvalue weighted by Crippen LogP contribution is 2.18. The third kappa shape index (κ3) is 7.06. The first-order valence-electron chi connectivity index (χ1n) is 9.93. The molecule has 28 heavy (non-hydrogen) atoms. The van der Waals surface area contributed by atoms with Crippen LogP contribution in [-0.4, -0.2) is 37.2 Å². The van der Waals surface area contributed by atoms with Gasteiger partial charge in [0.15, 0.2) is 0 Å². The standard InChI is InChI=1S/C22H28ClN3O2/c23-19-8-5-9-20(16-19)25-22(27)24-11-6-14-28-21-10-4-7-18(15-21)17-26-12-2-1-3-13-26/h4-5,7-10,15-16H,1-3,6,11-14,17H2,(H2,24,25,27). The van der Waals surface area contributed by atoms with E-state index in [1.807, 2.05) is 12.1 Å². The molecule has 1 heterocycles. The summed E-state index contributed by atoms with van der Waals surface area (Å²) in [5.74, 6) is 0.887. The Labute approximate surface area is 172 Å². The van der Waals surface area contributed by atoms with Crippen LogP contribution in [0, 0.1) is 0 Å². The van der Waals surface area contributed by atoms with Gasteiger partial charge in [0.2, 0.25) is 0 Å². The van der Waals surface area contributed by atoms with Gasteiger partial charge in [-0.15, -0.1) is 0 Å². The minimum atomic E-state index is -0.245. The van der Waals surface area contributed by atoms with Crippen LogP contribution in [0.2, 0.25) is 5.02 Å². The van der Waals surface area contributed by atoms with Gasteiger partial charge in [0, 0.05) is 23.8 Å². The van der Waals surface area contributed by atoms with Crippen molar-refractivity contribution >= 4 is 23.3 Å². The average molecular weight is 402 g/mol. The fourth-order valence-corrected chi connectivity index (χ4v) is 3.51. The highest BCUT2D eigenvalue weighted by Gasteiger charge is 2.10. The lowest BCUT2D eigenvalue weighted by atomic mass is 10.1. The number of carbonyl (C=O) groups is 1. The Morgan fingerprint density at radius 2 is 1.89 bits per heavy atom. The van der Waals surface area contributed by atoms with Gasteiger partial charge in [0.1, 0.15) is 5.75 Å². The average Bonchev–Trinajstić information content (AvgIpc) is 2.69. The molecule has 2 amide bonds. The molecule has 1 fully saturated rings. The molecule has 150 valence electrons. The topological polar surface area (TPSA) is 53.6 Å². The van der Waals surface area contributed by atoms with Crippen LogP contribution < -0.4 is 15.4 Å². The van der Waals surface area contributed by atoms with Gasteiger partial charge >= 0.3 is 6.03 Å². The summed E-state index contributed by atoms with van der Waals surface area (Å²) in [4.78, 5) is 14.4. The van der Waals surface area contributed by atoms with Crippen molar-refractivity contribution in [3.63, 3.8) is 0 Å². The van der Waals surface area contributed by atoms with E-state index in [4.69, 9.17) is 16.3 Å². The molecular formula is C22H28ClN3O2. The Bertz CT molecular complexity index is 763. The number of benzene rings is 2. The number of hydrogen-bond donors (Lipinski definition) is 2. The highest BCUT2D eigenvalue weighted by molar-refractivity contribution is 6.30. The molecule has 0 saturated carbocycles. The summed E-state index contributed by atoms with van der Waals surface area (Å²) in [6.07, 6.45) is 4.69. The summed E-state index contributed by atoms with van der Waals surface area (Å²) in [6.45, 7) is 4.47. The molecule has 0 aromatic heterocycles. The highest BCUT2D eigenvalue weighted by atomic mass is 35.5. The number of urea groups is 1. The molecule has 0 atom stereocenters. The van der Waals surface area contributed by atoms with Gasteiger partial charge < -0.3 is 15.4 Å². The molecule has 1 aliphatic rings. The molecule has 2 aromatic carbocycles. The van der Waals surface area contributed by atoms with Crippen molar-refractivity contribution in [2.75, 3.05) is 31.6 Å². The van der Waals surface area contributed by atoms with Gasteiger partial charge in [-0.1, -0.05) is 36.2 Å². The molecule has 6 heteroatoms. The summed E-state index contributed by atoms with van der Waals surface area (Å²) in [5.41, 5.74) is 1.96. The second-order valence-electron chi connectivity index (χ2n) is 7.08. The summed E-state index contributed by atoms with van der Waals surface area (Å²) < 4.78 is 5.84. The van der Waals surface area contributed by atoms with E-state index in [1.165, 1.54) is 37.9 Å². The monoisotopic (exact) mass is 401 g/mol. The zero-order valence-electron chi connectivity index (χ0n) is 16.1. The van der Waals surface area contributed by atoms with Crippen molar-refractivity contribution in [2.24, 2.45) is 0 Å². The normalized spacial score (nSPS) is 14.5. The predicted molar refractivity (Wildman–Crippen MR) is 114 cm³/mol. The first-order valence-corrected chi connectivity index (χ1v) is 10.3. The predicted octanol–water partition coefficient (Wildman–Crippen LogP) is 4.92. The van der Waals surface area contributed by atoms with E-state index in [0.717, 1.165) is 18.7 Å². The quantitative estimate of drug-likeness (QED) is 0.617. The van der Waals surface area contributed by atoms with E-state index in [-0.39, 0.29) is 6.03 Å². The van der Waals surface area contributed by atoms with Crippen LogP contribution in [-0.2, 0) is 6.54 Å². The maximum atomic E-state index is 11.9. The van der Waals surface area contributed by atoms with Crippen molar-refractivity contribution in [3.8, 4) is 5.75 Å². The van der Waals surface area contributed by atoms with E-state index in [2.05, 4.69) is 27.7 Å². The van der Waals surface area contributed by atoms with E-state index < -0.39 is 0 Å². The number of piperidine rings is 1. The number of nitrogens with one attached hydrogen (secondary N) is 2. The third-order valence-electron chi connectivity index (χ3n) is 4.71. The fourth-order valence-electron chi connectivity index (χ4n) is 3.31. The Morgan fingerprint density at radius 1 is 1.07 bits per heavy atom. The van der Waals surface area contributed by atoms with Crippen molar-refractivity contribution in [2.45, 2.75) is 32.2 Å². The number of hydrogen-bond acceptors (Lipinski definition) is 3. The zero-order chi connectivity index (χ0) is 19.6. The SMILES string of the molecule is O=C(NCCCOc1cccc(CN2CCCCC2)c1)Nc1cccc(Cl)c1. The smallest absolute Gasteiger partial charge is 0.319 e. The number of halogens is 1. The lowest BCUT2D eigenvalue weighted by molar-refractivity contribution is 0.220. The second kappa shape index (κ2) is 10.9. The van der Waals surface area contributed by atoms with Crippen LogP contribution in [0.15, 0.2) is 48.5 Å². The summed E-state index contributed by atoms with van der Waals surface area (Å²) in [5, 5.41) is 6.17. The molecule has 2 N–H and O–H groups in total.